The molecule has 0 bridgehead atoms. The third-order valence-electron chi connectivity index (χ3n) is 3.20. The van der Waals surface area contributed by atoms with Gasteiger partial charge < -0.3 is 15.2 Å². The van der Waals surface area contributed by atoms with Gasteiger partial charge in [0.2, 0.25) is 6.79 Å². The van der Waals surface area contributed by atoms with Crippen LogP contribution in [0.25, 0.3) is 16.2 Å². The maximum atomic E-state index is 5.99. The second kappa shape index (κ2) is 3.64. The number of aryl methyl sites for hydroxylation is 1. The Bertz CT molecular complexity index is 791. The largest absolute Gasteiger partial charge is 0.454 e. The minimum atomic E-state index is 0.282. The molecule has 19 heavy (non-hydrogen) atoms. The molecule has 4 rings (SSSR count). The lowest BCUT2D eigenvalue weighted by Crippen LogP contribution is -1.94. The van der Waals surface area contributed by atoms with Gasteiger partial charge in [-0.15, -0.1) is 11.3 Å². The molecule has 0 radical (unpaired) electrons. The number of anilines is 1. The van der Waals surface area contributed by atoms with Crippen molar-refractivity contribution in [1.29, 1.82) is 0 Å². The lowest BCUT2D eigenvalue weighted by atomic mass is 10.1. The summed E-state index contributed by atoms with van der Waals surface area (Å²) < 4.78 is 12.7. The molecule has 0 unspecified atom stereocenters. The number of imidazole rings is 1. The smallest absolute Gasteiger partial charge is 0.231 e. The number of hydrogen-bond acceptors (Lipinski definition) is 5. The topological polar surface area (TPSA) is 61.8 Å². The lowest BCUT2D eigenvalue weighted by molar-refractivity contribution is 0.174. The van der Waals surface area contributed by atoms with Gasteiger partial charge in [-0.05, 0) is 25.1 Å². The lowest BCUT2D eigenvalue weighted by Gasteiger charge is -2.05. The molecule has 2 N–H and O–H groups in total. The third kappa shape index (κ3) is 1.43. The molecule has 96 valence electrons. The molecule has 3 heterocycles. The molecule has 0 atom stereocenters. The van der Waals surface area contributed by atoms with Crippen LogP contribution in [0.15, 0.2) is 24.4 Å². The number of nitrogen functional groups attached to an aromatic ring is 1. The van der Waals surface area contributed by atoms with Crippen molar-refractivity contribution in [3.05, 3.63) is 29.3 Å². The van der Waals surface area contributed by atoms with Crippen LogP contribution in [0.4, 0.5) is 5.82 Å². The van der Waals surface area contributed by atoms with Crippen LogP contribution in [0.5, 0.6) is 11.5 Å². The second-order valence-corrected chi connectivity index (χ2v) is 5.56. The summed E-state index contributed by atoms with van der Waals surface area (Å²) in [6, 6.07) is 5.92. The van der Waals surface area contributed by atoms with Crippen molar-refractivity contribution in [3.63, 3.8) is 0 Å². The van der Waals surface area contributed by atoms with Crippen molar-refractivity contribution in [2.45, 2.75) is 6.92 Å². The van der Waals surface area contributed by atoms with E-state index in [1.807, 2.05) is 22.6 Å². The molecular weight excluding hydrogens is 262 g/mol. The van der Waals surface area contributed by atoms with Crippen molar-refractivity contribution in [2.75, 3.05) is 12.5 Å². The van der Waals surface area contributed by atoms with Gasteiger partial charge in [-0.3, -0.25) is 4.40 Å². The normalized spacial score (nSPS) is 13.3. The Kier molecular flexibility index (Phi) is 2.05. The van der Waals surface area contributed by atoms with Crippen molar-refractivity contribution in [3.8, 4) is 22.8 Å². The van der Waals surface area contributed by atoms with E-state index in [4.69, 9.17) is 15.2 Å². The molecule has 1 aliphatic heterocycles. The van der Waals surface area contributed by atoms with Gasteiger partial charge in [-0.2, -0.15) is 0 Å². The maximum Gasteiger partial charge on any atom is 0.231 e. The van der Waals surface area contributed by atoms with E-state index in [0.29, 0.717) is 5.82 Å². The number of nitrogens with two attached hydrogens (primary N) is 1. The van der Waals surface area contributed by atoms with E-state index in [0.717, 1.165) is 27.7 Å². The van der Waals surface area contributed by atoms with Crippen LogP contribution >= 0.6 is 11.3 Å². The highest BCUT2D eigenvalue weighted by Crippen LogP contribution is 2.39. The molecule has 0 spiro atoms. The Morgan fingerprint density at radius 1 is 1.32 bits per heavy atom. The summed E-state index contributed by atoms with van der Waals surface area (Å²) >= 11 is 1.63. The van der Waals surface area contributed by atoms with Gasteiger partial charge in [0.05, 0.1) is 11.9 Å². The highest BCUT2D eigenvalue weighted by molar-refractivity contribution is 7.17. The summed E-state index contributed by atoms with van der Waals surface area (Å²) in [5.41, 5.74) is 8.11. The average Bonchev–Trinajstić information content (AvgIpc) is 3.06. The van der Waals surface area contributed by atoms with Crippen LogP contribution in [0.2, 0.25) is 0 Å². The SMILES string of the molecule is Cc1sc2ncc(N)n2c1-c1ccc2c(c1)OCO2. The number of thiazole rings is 1. The fourth-order valence-electron chi connectivity index (χ4n) is 2.36. The van der Waals surface area contributed by atoms with Crippen molar-refractivity contribution in [2.24, 2.45) is 0 Å². The Hall–Kier alpha value is -2.21. The fraction of sp³-hybridized carbons (Fsp3) is 0.154. The first-order valence-corrected chi connectivity index (χ1v) is 6.68. The van der Waals surface area contributed by atoms with Crippen LogP contribution in [0.3, 0.4) is 0 Å². The van der Waals surface area contributed by atoms with Crippen LogP contribution in [-0.4, -0.2) is 16.2 Å². The summed E-state index contributed by atoms with van der Waals surface area (Å²) in [4.78, 5) is 6.38. The van der Waals surface area contributed by atoms with Crippen molar-refractivity contribution in [1.82, 2.24) is 9.38 Å². The zero-order chi connectivity index (χ0) is 13.0. The number of hydrogen-bond donors (Lipinski definition) is 1. The first kappa shape index (κ1) is 10.7. The van der Waals surface area contributed by atoms with E-state index in [-0.39, 0.29) is 6.79 Å². The Labute approximate surface area is 113 Å². The molecule has 0 saturated heterocycles. The number of fused-ring (bicyclic) bond motifs is 2. The van der Waals surface area contributed by atoms with Crippen LogP contribution in [-0.2, 0) is 0 Å². The highest BCUT2D eigenvalue weighted by Gasteiger charge is 2.18. The molecule has 1 aromatic carbocycles. The van der Waals surface area contributed by atoms with Crippen LogP contribution < -0.4 is 15.2 Å². The summed E-state index contributed by atoms with van der Waals surface area (Å²) in [5, 5.41) is 0. The van der Waals surface area contributed by atoms with E-state index in [1.54, 1.807) is 17.5 Å². The van der Waals surface area contributed by atoms with E-state index in [1.165, 1.54) is 4.88 Å². The predicted octanol–water partition coefficient (Wildman–Crippen LogP) is 2.68. The zero-order valence-electron chi connectivity index (χ0n) is 10.2. The quantitative estimate of drug-likeness (QED) is 0.740. The zero-order valence-corrected chi connectivity index (χ0v) is 11.0. The summed E-state index contributed by atoms with van der Waals surface area (Å²) in [6.45, 7) is 2.35. The molecule has 0 fully saturated rings. The molecular formula is C13H11N3O2S. The monoisotopic (exact) mass is 273 g/mol. The van der Waals surface area contributed by atoms with E-state index >= 15 is 0 Å². The summed E-state index contributed by atoms with van der Waals surface area (Å²) in [7, 11) is 0. The molecule has 0 aliphatic carbocycles. The van der Waals surface area contributed by atoms with Gasteiger partial charge >= 0.3 is 0 Å². The first-order chi connectivity index (χ1) is 9.24. The Morgan fingerprint density at radius 2 is 2.16 bits per heavy atom. The molecule has 5 nitrogen and oxygen atoms in total. The molecule has 0 amide bonds. The minimum Gasteiger partial charge on any atom is -0.454 e. The number of benzene rings is 1. The Morgan fingerprint density at radius 3 is 3.05 bits per heavy atom. The fourth-order valence-corrected chi connectivity index (χ4v) is 3.34. The van der Waals surface area contributed by atoms with Crippen molar-refractivity contribution < 1.29 is 9.47 Å². The van der Waals surface area contributed by atoms with Gasteiger partial charge in [0.15, 0.2) is 16.5 Å². The van der Waals surface area contributed by atoms with Crippen LogP contribution in [0.1, 0.15) is 4.88 Å². The number of ether oxygens (including phenoxy) is 2. The number of rotatable bonds is 1. The third-order valence-corrected chi connectivity index (χ3v) is 4.17. The molecule has 6 heteroatoms. The number of nitrogens with zero attached hydrogens (tertiary/aromatic N) is 2. The minimum absolute atomic E-state index is 0.282. The molecule has 0 saturated carbocycles. The first-order valence-electron chi connectivity index (χ1n) is 5.86. The molecule has 1 aliphatic rings. The van der Waals surface area contributed by atoms with Crippen LogP contribution in [0, 0.1) is 6.92 Å². The van der Waals surface area contributed by atoms with Gasteiger partial charge in [-0.1, -0.05) is 0 Å². The van der Waals surface area contributed by atoms with Gasteiger partial charge in [-0.25, -0.2) is 4.98 Å². The standard InChI is InChI=1S/C13H11N3O2S/c1-7-12(16-11(14)5-15-13(16)19-7)8-2-3-9-10(4-8)18-6-17-9/h2-5H,6,14H2,1H3. The maximum absolute atomic E-state index is 5.99. The predicted molar refractivity (Wildman–Crippen MR) is 73.8 cm³/mol. The van der Waals surface area contributed by atoms with Gasteiger partial charge in [0.1, 0.15) is 5.82 Å². The summed E-state index contributed by atoms with van der Waals surface area (Å²) in [5.74, 6) is 2.20. The Balaban J connectivity index is 1.99. The van der Waals surface area contributed by atoms with Gasteiger partial charge in [0, 0.05) is 10.4 Å². The molecule has 3 aromatic rings. The van der Waals surface area contributed by atoms with E-state index in [2.05, 4.69) is 11.9 Å². The molecule has 2 aromatic heterocycles. The highest BCUT2D eigenvalue weighted by atomic mass is 32.1. The second-order valence-electron chi connectivity index (χ2n) is 4.38. The average molecular weight is 273 g/mol. The summed E-state index contributed by atoms with van der Waals surface area (Å²) in [6.07, 6.45) is 1.68. The van der Waals surface area contributed by atoms with Crippen molar-refractivity contribution >= 4 is 22.1 Å². The number of aromatic nitrogens is 2. The van der Waals surface area contributed by atoms with Gasteiger partial charge in [0.25, 0.3) is 0 Å². The van der Waals surface area contributed by atoms with E-state index < -0.39 is 0 Å². The van der Waals surface area contributed by atoms with E-state index in [9.17, 15) is 0 Å².